The van der Waals surface area contributed by atoms with Gasteiger partial charge in [0.05, 0.1) is 30.4 Å². The number of rotatable bonds is 7. The number of amides is 2. The summed E-state index contributed by atoms with van der Waals surface area (Å²) in [4.78, 5) is 38.3. The summed E-state index contributed by atoms with van der Waals surface area (Å²) in [6.45, 7) is 7.83. The Balaban J connectivity index is 1.38. The third-order valence-electron chi connectivity index (χ3n) is 7.34. The largest absolute Gasteiger partial charge is 0.495 e. The summed E-state index contributed by atoms with van der Waals surface area (Å²) in [5, 5.41) is 4.32. The highest BCUT2D eigenvalue weighted by Gasteiger charge is 2.30. The van der Waals surface area contributed by atoms with Gasteiger partial charge in [-0.2, -0.15) is 0 Å². The number of hydrogen-bond acceptors (Lipinski definition) is 6. The normalized spacial score (nSPS) is 16.3. The quantitative estimate of drug-likeness (QED) is 0.491. The van der Waals surface area contributed by atoms with Crippen LogP contribution in [0.1, 0.15) is 35.0 Å². The van der Waals surface area contributed by atoms with E-state index in [4.69, 9.17) is 21.3 Å². The van der Waals surface area contributed by atoms with Crippen molar-refractivity contribution in [2.75, 3.05) is 58.2 Å². The Hall–Kier alpha value is -3.20. The SMILES string of the molecule is CCCN1CCN(C(=O)c2c3c(nc4ccccc24)CCN(CC(=O)Nc2cc(Cl)ccc2OC)C3)CC1. The molecule has 38 heavy (non-hydrogen) atoms. The summed E-state index contributed by atoms with van der Waals surface area (Å²) in [6, 6.07) is 13.0. The Morgan fingerprint density at radius 1 is 1.05 bits per heavy atom. The number of anilines is 1. The lowest BCUT2D eigenvalue weighted by molar-refractivity contribution is -0.117. The van der Waals surface area contributed by atoms with Crippen LogP contribution >= 0.6 is 11.6 Å². The van der Waals surface area contributed by atoms with Gasteiger partial charge in [-0.25, -0.2) is 0 Å². The van der Waals surface area contributed by atoms with Crippen LogP contribution in [0.4, 0.5) is 5.69 Å². The molecule has 2 aromatic carbocycles. The molecule has 0 bridgehead atoms. The number of benzene rings is 2. The van der Waals surface area contributed by atoms with Crippen LogP contribution in [-0.2, 0) is 17.8 Å². The lowest BCUT2D eigenvalue weighted by Crippen LogP contribution is -2.49. The van der Waals surface area contributed by atoms with Gasteiger partial charge in [0.1, 0.15) is 5.75 Å². The Morgan fingerprint density at radius 2 is 1.84 bits per heavy atom. The molecular weight excluding hydrogens is 502 g/mol. The number of fused-ring (bicyclic) bond motifs is 2. The first-order valence-electron chi connectivity index (χ1n) is 13.2. The van der Waals surface area contributed by atoms with E-state index in [-0.39, 0.29) is 18.4 Å². The van der Waals surface area contributed by atoms with Crippen molar-refractivity contribution in [1.82, 2.24) is 19.7 Å². The number of methoxy groups -OCH3 is 1. The lowest BCUT2D eigenvalue weighted by atomic mass is 9.94. The monoisotopic (exact) mass is 535 g/mol. The van der Waals surface area contributed by atoms with Crippen molar-refractivity contribution in [1.29, 1.82) is 0 Å². The van der Waals surface area contributed by atoms with Gasteiger partial charge in [-0.3, -0.25) is 24.4 Å². The van der Waals surface area contributed by atoms with Crippen molar-refractivity contribution >= 4 is 40.0 Å². The molecule has 3 aromatic rings. The van der Waals surface area contributed by atoms with Gasteiger partial charge < -0.3 is 15.0 Å². The van der Waals surface area contributed by atoms with Gasteiger partial charge in [0, 0.05) is 67.4 Å². The van der Waals surface area contributed by atoms with E-state index in [2.05, 4.69) is 22.0 Å². The van der Waals surface area contributed by atoms with Crippen molar-refractivity contribution in [2.24, 2.45) is 0 Å². The van der Waals surface area contributed by atoms with E-state index in [0.29, 0.717) is 36.0 Å². The van der Waals surface area contributed by atoms with Gasteiger partial charge in [0.2, 0.25) is 5.91 Å². The Labute approximate surface area is 228 Å². The van der Waals surface area contributed by atoms with Crippen molar-refractivity contribution < 1.29 is 14.3 Å². The Kier molecular flexibility index (Phi) is 8.12. The zero-order valence-electron chi connectivity index (χ0n) is 22.0. The maximum Gasteiger partial charge on any atom is 0.255 e. The molecule has 1 N–H and O–H groups in total. The molecule has 1 fully saturated rings. The number of ether oxygens (including phenoxy) is 1. The van der Waals surface area contributed by atoms with Crippen molar-refractivity contribution in [2.45, 2.75) is 26.3 Å². The van der Waals surface area contributed by atoms with Gasteiger partial charge in [-0.15, -0.1) is 0 Å². The fourth-order valence-corrected chi connectivity index (χ4v) is 5.62. The number of halogens is 1. The number of carbonyl (C=O) groups is 2. The first-order chi connectivity index (χ1) is 18.5. The van der Waals surface area contributed by atoms with Crippen molar-refractivity contribution in [3.8, 4) is 5.75 Å². The number of aromatic nitrogens is 1. The second-order valence-electron chi connectivity index (χ2n) is 9.92. The molecule has 0 atom stereocenters. The molecule has 0 radical (unpaired) electrons. The number of para-hydroxylation sites is 1. The molecule has 8 nitrogen and oxygen atoms in total. The standard InChI is InChI=1S/C29H34ClN5O3/c1-3-11-33-13-15-35(16-14-33)29(37)28-21-6-4-5-7-23(21)31-24-10-12-34(18-22(24)28)19-27(36)32-25-17-20(30)8-9-26(25)38-2/h4-9,17H,3,10-16,18-19H2,1-2H3,(H,32,36). The van der Waals surface area contributed by atoms with Gasteiger partial charge in [0.15, 0.2) is 0 Å². The Bertz CT molecular complexity index is 1340. The summed E-state index contributed by atoms with van der Waals surface area (Å²) in [7, 11) is 1.56. The molecule has 1 aromatic heterocycles. The molecule has 200 valence electrons. The predicted molar refractivity (Wildman–Crippen MR) is 150 cm³/mol. The minimum atomic E-state index is -0.164. The van der Waals surface area contributed by atoms with Gasteiger partial charge in [-0.05, 0) is 37.2 Å². The molecule has 5 rings (SSSR count). The second-order valence-corrected chi connectivity index (χ2v) is 10.4. The molecule has 1 saturated heterocycles. The van der Waals surface area contributed by atoms with Crippen LogP contribution in [0.25, 0.3) is 10.9 Å². The number of pyridine rings is 1. The average molecular weight is 536 g/mol. The molecule has 0 unspecified atom stereocenters. The summed E-state index contributed by atoms with van der Waals surface area (Å²) in [5.74, 6) is 0.447. The third-order valence-corrected chi connectivity index (χ3v) is 7.58. The van der Waals surface area contributed by atoms with Crippen LogP contribution in [-0.4, -0.2) is 84.4 Å². The maximum absolute atomic E-state index is 14.0. The van der Waals surface area contributed by atoms with E-state index in [1.54, 1.807) is 25.3 Å². The fourth-order valence-electron chi connectivity index (χ4n) is 5.44. The van der Waals surface area contributed by atoms with Crippen LogP contribution in [0.5, 0.6) is 5.75 Å². The van der Waals surface area contributed by atoms with Crippen LogP contribution in [0, 0.1) is 0 Å². The minimum Gasteiger partial charge on any atom is -0.495 e. The Morgan fingerprint density at radius 3 is 2.61 bits per heavy atom. The molecule has 2 aliphatic rings. The van der Waals surface area contributed by atoms with Crippen molar-refractivity contribution in [3.05, 3.63) is 64.3 Å². The second kappa shape index (κ2) is 11.7. The van der Waals surface area contributed by atoms with Crippen LogP contribution in [0.2, 0.25) is 5.02 Å². The van der Waals surface area contributed by atoms with Crippen LogP contribution < -0.4 is 10.1 Å². The van der Waals surface area contributed by atoms with E-state index in [1.807, 2.05) is 29.2 Å². The average Bonchev–Trinajstić information content (AvgIpc) is 2.92. The van der Waals surface area contributed by atoms with Crippen LogP contribution in [0.3, 0.4) is 0 Å². The number of piperazine rings is 1. The first kappa shape index (κ1) is 26.4. The van der Waals surface area contributed by atoms with E-state index in [1.165, 1.54) is 0 Å². The minimum absolute atomic E-state index is 0.0611. The van der Waals surface area contributed by atoms with Gasteiger partial charge in [0.25, 0.3) is 5.91 Å². The summed E-state index contributed by atoms with van der Waals surface area (Å²) >= 11 is 6.12. The van der Waals surface area contributed by atoms with E-state index >= 15 is 0 Å². The smallest absolute Gasteiger partial charge is 0.255 e. The highest BCUT2D eigenvalue weighted by atomic mass is 35.5. The van der Waals surface area contributed by atoms with Crippen molar-refractivity contribution in [3.63, 3.8) is 0 Å². The van der Waals surface area contributed by atoms with Crippen LogP contribution in [0.15, 0.2) is 42.5 Å². The molecule has 0 aliphatic carbocycles. The molecule has 9 heteroatoms. The topological polar surface area (TPSA) is 78.0 Å². The zero-order chi connectivity index (χ0) is 26.6. The van der Waals surface area contributed by atoms with E-state index < -0.39 is 0 Å². The molecule has 0 spiro atoms. The summed E-state index contributed by atoms with van der Waals surface area (Å²) in [5.41, 5.74) is 4.00. The number of nitrogens with zero attached hydrogens (tertiary/aromatic N) is 4. The first-order valence-corrected chi connectivity index (χ1v) is 13.6. The summed E-state index contributed by atoms with van der Waals surface area (Å²) < 4.78 is 5.36. The predicted octanol–water partition coefficient (Wildman–Crippen LogP) is 4.06. The molecule has 0 saturated carbocycles. The molecular formula is C29H34ClN5O3. The van der Waals surface area contributed by atoms with Gasteiger partial charge in [-0.1, -0.05) is 36.7 Å². The molecule has 2 aliphatic heterocycles. The zero-order valence-corrected chi connectivity index (χ0v) is 22.8. The number of nitrogens with one attached hydrogen (secondary N) is 1. The number of hydrogen-bond donors (Lipinski definition) is 1. The lowest BCUT2D eigenvalue weighted by Gasteiger charge is -2.36. The van der Waals surface area contributed by atoms with Gasteiger partial charge >= 0.3 is 0 Å². The van der Waals surface area contributed by atoms with E-state index in [9.17, 15) is 9.59 Å². The number of carbonyl (C=O) groups excluding carboxylic acids is 2. The molecule has 2 amide bonds. The maximum atomic E-state index is 14.0. The highest BCUT2D eigenvalue weighted by molar-refractivity contribution is 6.31. The summed E-state index contributed by atoms with van der Waals surface area (Å²) in [6.07, 6.45) is 1.79. The fraction of sp³-hybridized carbons (Fsp3) is 0.414. The molecule has 3 heterocycles. The third kappa shape index (κ3) is 5.62. The highest BCUT2D eigenvalue weighted by Crippen LogP contribution is 2.30. The van der Waals surface area contributed by atoms with E-state index in [0.717, 1.165) is 66.9 Å².